The van der Waals surface area contributed by atoms with Crippen molar-refractivity contribution in [1.82, 2.24) is 0 Å². The van der Waals surface area contributed by atoms with E-state index in [4.69, 9.17) is 16.7 Å². The summed E-state index contributed by atoms with van der Waals surface area (Å²) in [6, 6.07) is 25.8. The summed E-state index contributed by atoms with van der Waals surface area (Å²) < 4.78 is 55.1. The topological polar surface area (TPSA) is 142 Å². The highest BCUT2D eigenvalue weighted by Gasteiger charge is 2.20. The number of phenols is 2. The van der Waals surface area contributed by atoms with Crippen molar-refractivity contribution in [2.24, 2.45) is 16.6 Å². The number of amidine groups is 1. The third-order valence-electron chi connectivity index (χ3n) is 7.87. The highest BCUT2D eigenvalue weighted by Crippen LogP contribution is 2.39. The lowest BCUT2D eigenvalue weighted by Gasteiger charge is -2.17. The monoisotopic (exact) mass is 693 g/mol. The van der Waals surface area contributed by atoms with Gasteiger partial charge in [-0.15, -0.1) is 0 Å². The number of carbonyl (C=O) groups is 1. The van der Waals surface area contributed by atoms with Crippen molar-refractivity contribution in [3.63, 3.8) is 0 Å². The number of amides is 1. The Bertz CT molecular complexity index is 2250. The standard InChI is InChI=1S/C20H16F2N2O2.C20H15F2NO2/c1-11-6-17(12-2-4-16(25)5-3-12)19(18(7-11)20(23)24-26)13-8-14(21)10-15(22)9-13;1-11-6-17(12-2-4-16(24)5-3-12)19(18(7-11)20(23)25)13-8-14(21)10-15(22)9-13/h2-10,25-26H,1H3,(H2,23,24);2-10,24H,1H3,(H2,23,25). The summed E-state index contributed by atoms with van der Waals surface area (Å²) >= 11 is 0. The summed E-state index contributed by atoms with van der Waals surface area (Å²) in [7, 11) is 0. The molecule has 6 aromatic carbocycles. The third-order valence-corrected chi connectivity index (χ3v) is 7.87. The zero-order valence-electron chi connectivity index (χ0n) is 27.3. The van der Waals surface area contributed by atoms with Crippen LogP contribution in [0.4, 0.5) is 17.6 Å². The van der Waals surface area contributed by atoms with Gasteiger partial charge < -0.3 is 26.9 Å². The Hall–Kier alpha value is -6.62. The summed E-state index contributed by atoms with van der Waals surface area (Å²) in [6.07, 6.45) is 0. The molecule has 7 nitrogen and oxygen atoms in total. The van der Waals surface area contributed by atoms with Gasteiger partial charge in [-0.2, -0.15) is 0 Å². The molecule has 6 rings (SSSR count). The van der Waals surface area contributed by atoms with E-state index in [-0.39, 0.29) is 34.0 Å². The van der Waals surface area contributed by atoms with E-state index in [1.165, 1.54) is 36.4 Å². The molecule has 0 radical (unpaired) electrons. The number of carbonyl (C=O) groups excluding carboxylic acids is 1. The van der Waals surface area contributed by atoms with E-state index in [1.807, 2.05) is 13.0 Å². The van der Waals surface area contributed by atoms with Crippen LogP contribution in [-0.2, 0) is 0 Å². The van der Waals surface area contributed by atoms with Gasteiger partial charge in [-0.3, -0.25) is 4.79 Å². The minimum absolute atomic E-state index is 0.0878. The predicted octanol–water partition coefficient (Wildman–Crippen LogP) is 8.82. The summed E-state index contributed by atoms with van der Waals surface area (Å²) in [5.74, 6) is -3.64. The Balaban J connectivity index is 0.000000198. The summed E-state index contributed by atoms with van der Waals surface area (Å²) in [5.41, 5.74) is 17.3. The number of phenolic OH excluding ortho intramolecular Hbond substituents is 2. The minimum atomic E-state index is -0.748. The second kappa shape index (κ2) is 14.9. The molecule has 6 aromatic rings. The minimum Gasteiger partial charge on any atom is -0.508 e. The quantitative estimate of drug-likeness (QED) is 0.0390. The number of hydrogen-bond donors (Lipinski definition) is 5. The summed E-state index contributed by atoms with van der Waals surface area (Å²) in [4.78, 5) is 11.9. The fourth-order valence-electron chi connectivity index (χ4n) is 5.78. The predicted molar refractivity (Wildman–Crippen MR) is 188 cm³/mol. The molecule has 0 saturated carbocycles. The molecule has 0 aliphatic heterocycles. The lowest BCUT2D eigenvalue weighted by atomic mass is 9.88. The van der Waals surface area contributed by atoms with Gasteiger partial charge in [0, 0.05) is 34.4 Å². The normalized spacial score (nSPS) is 11.1. The molecule has 0 bridgehead atoms. The molecule has 0 unspecified atom stereocenters. The molecule has 0 heterocycles. The van der Waals surface area contributed by atoms with Crippen molar-refractivity contribution in [3.8, 4) is 56.0 Å². The number of nitrogens with two attached hydrogens (primary N) is 2. The van der Waals surface area contributed by atoms with Crippen molar-refractivity contribution in [2.75, 3.05) is 0 Å². The third kappa shape index (κ3) is 8.16. The zero-order valence-corrected chi connectivity index (χ0v) is 27.3. The average Bonchev–Trinajstić information content (AvgIpc) is 3.07. The van der Waals surface area contributed by atoms with Gasteiger partial charge in [-0.05, 0) is 119 Å². The fourth-order valence-corrected chi connectivity index (χ4v) is 5.78. The maximum atomic E-state index is 13.8. The van der Waals surface area contributed by atoms with Crippen LogP contribution in [0, 0.1) is 37.1 Å². The van der Waals surface area contributed by atoms with Crippen LogP contribution < -0.4 is 11.5 Å². The van der Waals surface area contributed by atoms with Crippen molar-refractivity contribution in [3.05, 3.63) is 155 Å². The second-order valence-electron chi connectivity index (χ2n) is 11.7. The Morgan fingerprint density at radius 2 is 0.882 bits per heavy atom. The van der Waals surface area contributed by atoms with E-state index >= 15 is 0 Å². The van der Waals surface area contributed by atoms with Gasteiger partial charge in [0.25, 0.3) is 0 Å². The van der Waals surface area contributed by atoms with E-state index in [1.54, 1.807) is 49.4 Å². The number of aromatic hydroxyl groups is 2. The van der Waals surface area contributed by atoms with Crippen LogP contribution >= 0.6 is 0 Å². The number of primary amides is 1. The van der Waals surface area contributed by atoms with Crippen LogP contribution in [0.3, 0.4) is 0 Å². The van der Waals surface area contributed by atoms with Crippen LogP contribution in [0.5, 0.6) is 11.5 Å². The molecule has 258 valence electrons. The number of aryl methyl sites for hydroxylation is 2. The molecule has 0 aliphatic rings. The first-order chi connectivity index (χ1) is 24.2. The molecule has 0 spiro atoms. The highest BCUT2D eigenvalue weighted by molar-refractivity contribution is 6.07. The lowest BCUT2D eigenvalue weighted by Crippen LogP contribution is -2.15. The molecular formula is C40H31F4N3O4. The summed E-state index contributed by atoms with van der Waals surface area (Å²) in [5, 5.41) is 31.2. The molecule has 0 atom stereocenters. The smallest absolute Gasteiger partial charge is 0.249 e. The van der Waals surface area contributed by atoms with Crippen molar-refractivity contribution < 1.29 is 37.8 Å². The van der Waals surface area contributed by atoms with Crippen LogP contribution in [0.2, 0.25) is 0 Å². The van der Waals surface area contributed by atoms with Crippen molar-refractivity contribution >= 4 is 11.7 Å². The summed E-state index contributed by atoms with van der Waals surface area (Å²) in [6.45, 7) is 3.63. The van der Waals surface area contributed by atoms with E-state index in [2.05, 4.69) is 5.16 Å². The van der Waals surface area contributed by atoms with Gasteiger partial charge in [0.15, 0.2) is 5.84 Å². The Morgan fingerprint density at radius 3 is 1.24 bits per heavy atom. The van der Waals surface area contributed by atoms with E-state index in [9.17, 15) is 32.6 Å². The number of benzene rings is 6. The van der Waals surface area contributed by atoms with Crippen molar-refractivity contribution in [2.45, 2.75) is 13.8 Å². The number of halogens is 4. The van der Waals surface area contributed by atoms with E-state index < -0.39 is 29.2 Å². The molecule has 7 N–H and O–H groups in total. The zero-order chi connectivity index (χ0) is 37.0. The molecule has 51 heavy (non-hydrogen) atoms. The fraction of sp³-hybridized carbons (Fsp3) is 0.0500. The average molecular weight is 694 g/mol. The molecular weight excluding hydrogens is 662 g/mol. The molecule has 0 aliphatic carbocycles. The van der Waals surface area contributed by atoms with Crippen LogP contribution in [-0.4, -0.2) is 27.2 Å². The molecule has 0 saturated heterocycles. The van der Waals surface area contributed by atoms with E-state index in [0.717, 1.165) is 35.4 Å². The second-order valence-corrected chi connectivity index (χ2v) is 11.7. The number of nitrogens with zero attached hydrogens (tertiary/aromatic N) is 1. The highest BCUT2D eigenvalue weighted by atomic mass is 19.1. The van der Waals surface area contributed by atoms with Crippen LogP contribution in [0.25, 0.3) is 44.5 Å². The molecule has 1 amide bonds. The first-order valence-corrected chi connectivity index (χ1v) is 15.3. The Labute approximate surface area is 290 Å². The molecule has 11 heteroatoms. The SMILES string of the molecule is Cc1cc(C(N)=NO)c(-c2cc(F)cc(F)c2)c(-c2ccc(O)cc2)c1.Cc1cc(C(N)=O)c(-c2cc(F)cc(F)c2)c(-c2ccc(O)cc2)c1. The van der Waals surface area contributed by atoms with Crippen molar-refractivity contribution in [1.29, 1.82) is 0 Å². The van der Waals surface area contributed by atoms with Gasteiger partial charge in [0.2, 0.25) is 5.91 Å². The maximum absolute atomic E-state index is 13.8. The molecule has 0 aromatic heterocycles. The number of rotatable bonds is 6. The van der Waals surface area contributed by atoms with Gasteiger partial charge >= 0.3 is 0 Å². The Morgan fingerprint density at radius 1 is 0.529 bits per heavy atom. The number of oxime groups is 1. The number of hydrogen-bond acceptors (Lipinski definition) is 5. The lowest BCUT2D eigenvalue weighted by molar-refractivity contribution is 0.100. The van der Waals surface area contributed by atoms with Gasteiger partial charge in [-0.1, -0.05) is 41.6 Å². The van der Waals surface area contributed by atoms with E-state index in [0.29, 0.717) is 38.9 Å². The largest absolute Gasteiger partial charge is 0.508 e. The van der Waals surface area contributed by atoms with Gasteiger partial charge in [-0.25, -0.2) is 17.6 Å². The van der Waals surface area contributed by atoms with Gasteiger partial charge in [0.05, 0.1) is 0 Å². The maximum Gasteiger partial charge on any atom is 0.249 e. The first kappa shape index (κ1) is 35.7. The van der Waals surface area contributed by atoms with Gasteiger partial charge in [0.1, 0.15) is 34.8 Å². The first-order valence-electron chi connectivity index (χ1n) is 15.3. The van der Waals surface area contributed by atoms with Crippen LogP contribution in [0.15, 0.2) is 114 Å². The van der Waals surface area contributed by atoms with Crippen LogP contribution in [0.1, 0.15) is 27.0 Å². The Kier molecular flexibility index (Phi) is 10.4. The molecule has 0 fully saturated rings.